The van der Waals surface area contributed by atoms with Crippen LogP contribution in [0, 0.1) is 0 Å². The zero-order chi connectivity index (χ0) is 9.80. The highest BCUT2D eigenvalue weighted by Crippen LogP contribution is 2.26. The van der Waals surface area contributed by atoms with Crippen molar-refractivity contribution >= 4 is 5.84 Å². The Morgan fingerprint density at radius 2 is 2.00 bits per heavy atom. The molecule has 1 aromatic rings. The third kappa shape index (κ3) is 2.13. The maximum absolute atomic E-state index is 5.81. The van der Waals surface area contributed by atoms with Crippen LogP contribution in [0.25, 0.3) is 0 Å². The lowest BCUT2D eigenvalue weighted by molar-refractivity contribution is 0.633. The summed E-state index contributed by atoms with van der Waals surface area (Å²) in [6.45, 7) is 0.898. The number of amidine groups is 1. The zero-order valence-electron chi connectivity index (χ0n) is 8.32. The fourth-order valence-electron chi connectivity index (χ4n) is 1.99. The van der Waals surface area contributed by atoms with Crippen molar-refractivity contribution in [2.24, 2.45) is 10.7 Å². The molecule has 2 N–H and O–H groups in total. The van der Waals surface area contributed by atoms with Crippen molar-refractivity contribution < 1.29 is 0 Å². The number of benzene rings is 1. The average molecular weight is 188 g/mol. The fourth-order valence-corrected chi connectivity index (χ4v) is 1.99. The molecular formula is C12H16N2. The molecule has 0 amide bonds. The summed E-state index contributed by atoms with van der Waals surface area (Å²) in [7, 11) is 0. The van der Waals surface area contributed by atoms with E-state index in [1.165, 1.54) is 12.0 Å². The van der Waals surface area contributed by atoms with Crippen LogP contribution < -0.4 is 5.73 Å². The van der Waals surface area contributed by atoms with E-state index in [-0.39, 0.29) is 0 Å². The fraction of sp³-hybridized carbons (Fsp3) is 0.417. The highest BCUT2D eigenvalue weighted by molar-refractivity contribution is 5.81. The first-order valence-corrected chi connectivity index (χ1v) is 5.20. The largest absolute Gasteiger partial charge is 0.387 e. The lowest BCUT2D eigenvalue weighted by Crippen LogP contribution is -2.14. The van der Waals surface area contributed by atoms with E-state index in [4.69, 9.17) is 5.73 Å². The summed E-state index contributed by atoms with van der Waals surface area (Å²) < 4.78 is 0. The molecule has 2 heteroatoms. The molecule has 0 spiro atoms. The summed E-state index contributed by atoms with van der Waals surface area (Å²) >= 11 is 0. The van der Waals surface area contributed by atoms with Gasteiger partial charge >= 0.3 is 0 Å². The van der Waals surface area contributed by atoms with Gasteiger partial charge in [-0.2, -0.15) is 0 Å². The average Bonchev–Trinajstić information content (AvgIpc) is 2.44. The van der Waals surface area contributed by atoms with E-state index in [0.717, 1.165) is 25.2 Å². The summed E-state index contributed by atoms with van der Waals surface area (Å²) in [5.41, 5.74) is 7.21. The van der Waals surface area contributed by atoms with E-state index in [9.17, 15) is 0 Å². The molecule has 0 aliphatic carbocycles. The van der Waals surface area contributed by atoms with Crippen LogP contribution in [-0.4, -0.2) is 12.4 Å². The van der Waals surface area contributed by atoms with Crippen molar-refractivity contribution in [3.8, 4) is 0 Å². The Kier molecular flexibility index (Phi) is 2.82. The first-order chi connectivity index (χ1) is 6.86. The quantitative estimate of drug-likeness (QED) is 0.721. The number of nitrogens with zero attached hydrogens (tertiary/aromatic N) is 1. The predicted molar refractivity (Wildman–Crippen MR) is 59.5 cm³/mol. The van der Waals surface area contributed by atoms with Crippen LogP contribution in [0.2, 0.25) is 0 Å². The molecule has 1 atom stereocenters. The smallest absolute Gasteiger partial charge is 0.0943 e. The van der Waals surface area contributed by atoms with E-state index in [1.807, 2.05) is 0 Å². The predicted octanol–water partition coefficient (Wildman–Crippen LogP) is 2.31. The highest BCUT2D eigenvalue weighted by Gasteiger charge is 2.14. The Bertz CT molecular complexity index is 316. The standard InChI is InChI=1S/C12H16N2/c13-12-9-11(7-4-8-14-12)10-5-2-1-3-6-10/h1-3,5-6,11H,4,7-9H2,(H2,13,14). The Morgan fingerprint density at radius 1 is 1.21 bits per heavy atom. The second kappa shape index (κ2) is 4.27. The Labute approximate surface area is 84.9 Å². The minimum atomic E-state index is 0.572. The second-order valence-corrected chi connectivity index (χ2v) is 3.83. The van der Waals surface area contributed by atoms with Gasteiger partial charge in [-0.25, -0.2) is 0 Å². The van der Waals surface area contributed by atoms with Crippen molar-refractivity contribution in [2.75, 3.05) is 6.54 Å². The van der Waals surface area contributed by atoms with Gasteiger partial charge in [-0.05, 0) is 24.3 Å². The minimum Gasteiger partial charge on any atom is -0.387 e. The van der Waals surface area contributed by atoms with E-state index in [1.54, 1.807) is 0 Å². The van der Waals surface area contributed by atoms with Gasteiger partial charge in [0.1, 0.15) is 0 Å². The molecule has 0 fully saturated rings. The van der Waals surface area contributed by atoms with Gasteiger partial charge in [0.2, 0.25) is 0 Å². The van der Waals surface area contributed by atoms with Crippen molar-refractivity contribution in [1.29, 1.82) is 0 Å². The first-order valence-electron chi connectivity index (χ1n) is 5.20. The molecule has 0 aromatic heterocycles. The molecule has 14 heavy (non-hydrogen) atoms. The molecule has 1 aromatic carbocycles. The maximum Gasteiger partial charge on any atom is 0.0943 e. The van der Waals surface area contributed by atoms with E-state index in [0.29, 0.717) is 5.92 Å². The number of aliphatic imine (C=N–C) groups is 1. The summed E-state index contributed by atoms with van der Waals surface area (Å²) in [4.78, 5) is 4.29. The van der Waals surface area contributed by atoms with Gasteiger partial charge < -0.3 is 5.73 Å². The summed E-state index contributed by atoms with van der Waals surface area (Å²) in [5, 5.41) is 0. The van der Waals surface area contributed by atoms with Crippen molar-refractivity contribution in [2.45, 2.75) is 25.2 Å². The van der Waals surface area contributed by atoms with E-state index >= 15 is 0 Å². The Morgan fingerprint density at radius 3 is 2.79 bits per heavy atom. The second-order valence-electron chi connectivity index (χ2n) is 3.83. The molecular weight excluding hydrogens is 172 g/mol. The lowest BCUT2D eigenvalue weighted by Gasteiger charge is -2.13. The topological polar surface area (TPSA) is 38.4 Å². The van der Waals surface area contributed by atoms with E-state index in [2.05, 4.69) is 35.3 Å². The van der Waals surface area contributed by atoms with Crippen LogP contribution in [0.15, 0.2) is 35.3 Å². The molecule has 0 radical (unpaired) electrons. The molecule has 1 unspecified atom stereocenters. The van der Waals surface area contributed by atoms with Crippen LogP contribution in [0.3, 0.4) is 0 Å². The number of nitrogens with two attached hydrogens (primary N) is 1. The monoisotopic (exact) mass is 188 g/mol. The number of hydrogen-bond donors (Lipinski definition) is 1. The third-order valence-electron chi connectivity index (χ3n) is 2.75. The SMILES string of the molecule is NC1=NCCCC(c2ccccc2)C1. The summed E-state index contributed by atoms with van der Waals surface area (Å²) in [6, 6.07) is 10.6. The van der Waals surface area contributed by atoms with Crippen molar-refractivity contribution in [3.05, 3.63) is 35.9 Å². The molecule has 1 heterocycles. The molecule has 0 saturated carbocycles. The number of rotatable bonds is 1. The van der Waals surface area contributed by atoms with Gasteiger partial charge in [0.05, 0.1) is 5.84 Å². The van der Waals surface area contributed by atoms with Crippen molar-refractivity contribution in [1.82, 2.24) is 0 Å². The normalized spacial score (nSPS) is 22.6. The molecule has 0 saturated heterocycles. The molecule has 1 aliphatic heterocycles. The highest BCUT2D eigenvalue weighted by atomic mass is 14.8. The molecule has 2 rings (SSSR count). The minimum absolute atomic E-state index is 0.572. The van der Waals surface area contributed by atoms with Gasteiger partial charge in [-0.1, -0.05) is 30.3 Å². The van der Waals surface area contributed by atoms with Crippen LogP contribution in [0.1, 0.15) is 30.7 Å². The summed E-state index contributed by atoms with van der Waals surface area (Å²) in [5.74, 6) is 1.39. The van der Waals surface area contributed by atoms with Gasteiger partial charge in [-0.15, -0.1) is 0 Å². The summed E-state index contributed by atoms with van der Waals surface area (Å²) in [6.07, 6.45) is 3.28. The molecule has 74 valence electrons. The molecule has 0 bridgehead atoms. The van der Waals surface area contributed by atoms with E-state index < -0.39 is 0 Å². The zero-order valence-corrected chi connectivity index (χ0v) is 8.32. The third-order valence-corrected chi connectivity index (χ3v) is 2.75. The van der Waals surface area contributed by atoms with Crippen LogP contribution in [-0.2, 0) is 0 Å². The van der Waals surface area contributed by atoms with Gasteiger partial charge in [0, 0.05) is 13.0 Å². The van der Waals surface area contributed by atoms with Gasteiger partial charge in [0.25, 0.3) is 0 Å². The first kappa shape index (κ1) is 9.25. The Hall–Kier alpha value is -1.31. The van der Waals surface area contributed by atoms with Crippen LogP contribution in [0.5, 0.6) is 0 Å². The molecule has 1 aliphatic rings. The lowest BCUT2D eigenvalue weighted by atomic mass is 9.92. The number of hydrogen-bond acceptors (Lipinski definition) is 2. The van der Waals surface area contributed by atoms with Crippen molar-refractivity contribution in [3.63, 3.8) is 0 Å². The molecule has 2 nitrogen and oxygen atoms in total. The van der Waals surface area contributed by atoms with Gasteiger partial charge in [0.15, 0.2) is 0 Å². The van der Waals surface area contributed by atoms with Gasteiger partial charge in [-0.3, -0.25) is 4.99 Å². The van der Waals surface area contributed by atoms with Crippen LogP contribution >= 0.6 is 0 Å². The Balaban J connectivity index is 2.15. The van der Waals surface area contributed by atoms with Crippen LogP contribution in [0.4, 0.5) is 0 Å². The maximum atomic E-state index is 5.81.